The van der Waals surface area contributed by atoms with Gasteiger partial charge in [-0.1, -0.05) is 20.8 Å². The monoisotopic (exact) mass is 171 g/mol. The lowest BCUT2D eigenvalue weighted by atomic mass is 9.90. The van der Waals surface area contributed by atoms with E-state index in [0.717, 1.165) is 13.1 Å². The van der Waals surface area contributed by atoms with Crippen LogP contribution in [0.5, 0.6) is 0 Å². The fraction of sp³-hybridized carbons (Fsp3) is 0.889. The molecule has 0 aromatic rings. The highest BCUT2D eigenvalue weighted by Crippen LogP contribution is 2.23. The first-order chi connectivity index (χ1) is 5.45. The van der Waals surface area contributed by atoms with Crippen LogP contribution in [-0.2, 0) is 4.79 Å². The van der Waals surface area contributed by atoms with E-state index < -0.39 is 0 Å². The minimum absolute atomic E-state index is 0.187. The SMILES string of the molecule is CC(C)(C)C(=O)N1CC(CO)C1. The molecule has 1 rings (SSSR count). The molecule has 0 radical (unpaired) electrons. The summed E-state index contributed by atoms with van der Waals surface area (Å²) in [4.78, 5) is 13.4. The van der Waals surface area contributed by atoms with Gasteiger partial charge in [-0.2, -0.15) is 0 Å². The minimum Gasteiger partial charge on any atom is -0.396 e. The van der Waals surface area contributed by atoms with Crippen molar-refractivity contribution in [1.82, 2.24) is 4.90 Å². The van der Waals surface area contributed by atoms with Crippen molar-refractivity contribution in [3.63, 3.8) is 0 Å². The van der Waals surface area contributed by atoms with Crippen molar-refractivity contribution in [3.8, 4) is 0 Å². The summed E-state index contributed by atoms with van der Waals surface area (Å²) < 4.78 is 0. The molecule has 1 heterocycles. The van der Waals surface area contributed by atoms with Gasteiger partial charge in [0, 0.05) is 31.0 Å². The number of carbonyl (C=O) groups is 1. The van der Waals surface area contributed by atoms with Crippen molar-refractivity contribution in [2.75, 3.05) is 19.7 Å². The van der Waals surface area contributed by atoms with E-state index >= 15 is 0 Å². The Morgan fingerprint density at radius 1 is 1.50 bits per heavy atom. The van der Waals surface area contributed by atoms with Crippen LogP contribution in [0.2, 0.25) is 0 Å². The molecule has 3 heteroatoms. The quantitative estimate of drug-likeness (QED) is 0.623. The van der Waals surface area contributed by atoms with Crippen molar-refractivity contribution in [2.45, 2.75) is 20.8 Å². The molecule has 0 aromatic carbocycles. The number of likely N-dealkylation sites (tertiary alicyclic amines) is 1. The number of amides is 1. The fourth-order valence-corrected chi connectivity index (χ4v) is 1.33. The maximum absolute atomic E-state index is 11.6. The number of carbonyl (C=O) groups excluding carboxylic acids is 1. The molecule has 1 aliphatic rings. The first-order valence-corrected chi connectivity index (χ1v) is 4.35. The number of rotatable bonds is 1. The highest BCUT2D eigenvalue weighted by Gasteiger charge is 2.35. The van der Waals surface area contributed by atoms with Gasteiger partial charge in [-0.05, 0) is 0 Å². The van der Waals surface area contributed by atoms with Crippen LogP contribution in [-0.4, -0.2) is 35.6 Å². The van der Waals surface area contributed by atoms with Crippen LogP contribution in [0.1, 0.15) is 20.8 Å². The molecule has 0 unspecified atom stereocenters. The summed E-state index contributed by atoms with van der Waals surface area (Å²) in [6, 6.07) is 0. The molecular formula is C9H17NO2. The molecular weight excluding hydrogens is 154 g/mol. The second-order valence-electron chi connectivity index (χ2n) is 4.51. The molecule has 0 atom stereocenters. The summed E-state index contributed by atoms with van der Waals surface area (Å²) in [6.45, 7) is 7.41. The van der Waals surface area contributed by atoms with Gasteiger partial charge in [0.2, 0.25) is 5.91 Å². The first-order valence-electron chi connectivity index (χ1n) is 4.35. The van der Waals surface area contributed by atoms with Crippen molar-refractivity contribution in [2.24, 2.45) is 11.3 Å². The molecule has 70 valence electrons. The molecule has 1 amide bonds. The van der Waals surface area contributed by atoms with Gasteiger partial charge in [-0.3, -0.25) is 4.79 Å². The third kappa shape index (κ3) is 1.78. The normalized spacial score (nSPS) is 19.2. The average Bonchev–Trinajstić information content (AvgIpc) is 1.83. The molecule has 12 heavy (non-hydrogen) atoms. The topological polar surface area (TPSA) is 40.5 Å². The van der Waals surface area contributed by atoms with Crippen molar-refractivity contribution in [3.05, 3.63) is 0 Å². The standard InChI is InChI=1S/C9H17NO2/c1-9(2,3)8(12)10-4-7(5-10)6-11/h7,11H,4-6H2,1-3H3. The maximum atomic E-state index is 11.6. The van der Waals surface area contributed by atoms with Gasteiger partial charge < -0.3 is 10.0 Å². The maximum Gasteiger partial charge on any atom is 0.227 e. The van der Waals surface area contributed by atoms with E-state index in [9.17, 15) is 4.79 Å². The Hall–Kier alpha value is -0.570. The van der Waals surface area contributed by atoms with Crippen LogP contribution in [0.15, 0.2) is 0 Å². The van der Waals surface area contributed by atoms with Crippen molar-refractivity contribution in [1.29, 1.82) is 0 Å². The lowest BCUT2D eigenvalue weighted by molar-refractivity contribution is -0.147. The number of hydrogen-bond donors (Lipinski definition) is 1. The first kappa shape index (κ1) is 9.52. The van der Waals surface area contributed by atoms with Gasteiger partial charge >= 0.3 is 0 Å². The van der Waals surface area contributed by atoms with Gasteiger partial charge in [0.15, 0.2) is 0 Å². The average molecular weight is 171 g/mol. The lowest BCUT2D eigenvalue weighted by Gasteiger charge is -2.41. The number of hydrogen-bond acceptors (Lipinski definition) is 2. The Labute approximate surface area is 73.4 Å². The minimum atomic E-state index is -0.277. The van der Waals surface area contributed by atoms with Crippen molar-refractivity contribution < 1.29 is 9.90 Å². The highest BCUT2D eigenvalue weighted by molar-refractivity contribution is 5.82. The molecule has 0 saturated carbocycles. The third-order valence-corrected chi connectivity index (χ3v) is 2.14. The molecule has 1 N–H and O–H groups in total. The Balaban J connectivity index is 2.39. The third-order valence-electron chi connectivity index (χ3n) is 2.14. The molecule has 3 nitrogen and oxygen atoms in total. The predicted molar refractivity (Wildman–Crippen MR) is 46.6 cm³/mol. The van der Waals surface area contributed by atoms with E-state index in [4.69, 9.17) is 5.11 Å². The summed E-state index contributed by atoms with van der Waals surface area (Å²) in [5, 5.41) is 8.75. The second kappa shape index (κ2) is 3.05. The van der Waals surface area contributed by atoms with E-state index in [1.165, 1.54) is 0 Å². The van der Waals surface area contributed by atoms with E-state index in [1.807, 2.05) is 20.8 Å². The van der Waals surface area contributed by atoms with E-state index in [0.29, 0.717) is 5.92 Å². The van der Waals surface area contributed by atoms with Gasteiger partial charge in [0.05, 0.1) is 0 Å². The van der Waals surface area contributed by atoms with E-state index in [2.05, 4.69) is 0 Å². The summed E-state index contributed by atoms with van der Waals surface area (Å²) >= 11 is 0. The van der Waals surface area contributed by atoms with E-state index in [-0.39, 0.29) is 17.9 Å². The number of nitrogens with zero attached hydrogens (tertiary/aromatic N) is 1. The molecule has 1 saturated heterocycles. The van der Waals surface area contributed by atoms with Gasteiger partial charge in [-0.15, -0.1) is 0 Å². The van der Waals surface area contributed by atoms with Gasteiger partial charge in [-0.25, -0.2) is 0 Å². The Bertz CT molecular complexity index is 177. The Morgan fingerprint density at radius 3 is 2.33 bits per heavy atom. The number of aliphatic hydroxyl groups excluding tert-OH is 1. The lowest BCUT2D eigenvalue weighted by Crippen LogP contribution is -2.54. The number of aliphatic hydroxyl groups is 1. The zero-order valence-electron chi connectivity index (χ0n) is 8.00. The second-order valence-corrected chi connectivity index (χ2v) is 4.51. The predicted octanol–water partition coefficient (Wildman–Crippen LogP) is 0.483. The molecule has 1 aliphatic heterocycles. The van der Waals surface area contributed by atoms with Crippen LogP contribution < -0.4 is 0 Å². The highest BCUT2D eigenvalue weighted by atomic mass is 16.3. The van der Waals surface area contributed by atoms with Gasteiger partial charge in [0.1, 0.15) is 0 Å². The fourth-order valence-electron chi connectivity index (χ4n) is 1.33. The Kier molecular flexibility index (Phi) is 2.42. The molecule has 0 aromatic heterocycles. The van der Waals surface area contributed by atoms with Crippen molar-refractivity contribution >= 4 is 5.91 Å². The van der Waals surface area contributed by atoms with E-state index in [1.54, 1.807) is 4.90 Å². The summed E-state index contributed by atoms with van der Waals surface area (Å²) in [7, 11) is 0. The van der Waals surface area contributed by atoms with Gasteiger partial charge in [0.25, 0.3) is 0 Å². The zero-order valence-corrected chi connectivity index (χ0v) is 8.00. The smallest absolute Gasteiger partial charge is 0.227 e. The molecule has 1 fully saturated rings. The zero-order chi connectivity index (χ0) is 9.35. The van der Waals surface area contributed by atoms with Crippen LogP contribution in [0.3, 0.4) is 0 Å². The van der Waals surface area contributed by atoms with Crippen LogP contribution in [0.25, 0.3) is 0 Å². The summed E-state index contributed by atoms with van der Waals surface area (Å²) in [5.74, 6) is 0.503. The molecule has 0 bridgehead atoms. The molecule has 0 spiro atoms. The summed E-state index contributed by atoms with van der Waals surface area (Å²) in [5.41, 5.74) is -0.277. The van der Waals surface area contributed by atoms with Crippen LogP contribution >= 0.6 is 0 Å². The largest absolute Gasteiger partial charge is 0.396 e. The summed E-state index contributed by atoms with van der Waals surface area (Å²) in [6.07, 6.45) is 0. The van der Waals surface area contributed by atoms with Crippen LogP contribution in [0.4, 0.5) is 0 Å². The van der Waals surface area contributed by atoms with Crippen LogP contribution in [0, 0.1) is 11.3 Å². The molecule has 0 aliphatic carbocycles. The Morgan fingerprint density at radius 2 is 2.00 bits per heavy atom.